The van der Waals surface area contributed by atoms with Gasteiger partial charge < -0.3 is 29.0 Å². The molecule has 1 aliphatic heterocycles. The van der Waals surface area contributed by atoms with Gasteiger partial charge in [0.15, 0.2) is 0 Å². The summed E-state index contributed by atoms with van der Waals surface area (Å²) in [6.45, 7) is 11.8. The molecular weight excluding hydrogens is 503 g/mol. The van der Waals surface area contributed by atoms with Gasteiger partial charge in [0.2, 0.25) is 13.6 Å². The summed E-state index contributed by atoms with van der Waals surface area (Å²) in [5.74, 6) is -0.454. The van der Waals surface area contributed by atoms with Gasteiger partial charge in [0.1, 0.15) is 23.5 Å². The summed E-state index contributed by atoms with van der Waals surface area (Å²) in [6.07, 6.45) is 4.45. The fourth-order valence-corrected chi connectivity index (χ4v) is 4.28. The quantitative estimate of drug-likeness (QED) is 0.262. The fraction of sp³-hybridized carbons (Fsp3) is 0.667. The van der Waals surface area contributed by atoms with Crippen LogP contribution in [0.4, 0.5) is 5.82 Å². The Kier molecular flexibility index (Phi) is 9.13. The van der Waals surface area contributed by atoms with Crippen molar-refractivity contribution in [3.05, 3.63) is 18.6 Å². The Morgan fingerprint density at radius 2 is 1.68 bits per heavy atom. The minimum atomic E-state index is -2.00. The molecule has 0 amide bonds. The van der Waals surface area contributed by atoms with Crippen LogP contribution in [0, 0.1) is 10.8 Å². The zero-order valence-electron chi connectivity index (χ0n) is 22.5. The lowest BCUT2D eigenvalue weighted by Crippen LogP contribution is -2.31. The van der Waals surface area contributed by atoms with Gasteiger partial charge in [-0.1, -0.05) is 0 Å². The first-order valence-corrected chi connectivity index (χ1v) is 13.1. The molecule has 1 unspecified atom stereocenters. The van der Waals surface area contributed by atoms with E-state index < -0.39 is 37.1 Å². The van der Waals surface area contributed by atoms with Crippen molar-refractivity contribution < 1.29 is 37.4 Å². The molecule has 1 aliphatic rings. The van der Waals surface area contributed by atoms with Gasteiger partial charge in [-0.25, -0.2) is 9.97 Å². The number of hydrogen-bond acceptors (Lipinski definition) is 11. The molecule has 1 fully saturated rings. The van der Waals surface area contributed by atoms with E-state index in [4.69, 9.17) is 33.5 Å². The molecule has 2 aromatic rings. The van der Waals surface area contributed by atoms with Gasteiger partial charge in [-0.15, -0.1) is 0 Å². The number of ether oxygens (including phenoxy) is 3. The molecule has 3 rings (SSSR count). The maximum atomic E-state index is 12.0. The predicted molar refractivity (Wildman–Crippen MR) is 136 cm³/mol. The van der Waals surface area contributed by atoms with Gasteiger partial charge >= 0.3 is 20.5 Å². The first-order valence-electron chi connectivity index (χ1n) is 12.0. The standard InChI is InChI=1S/C24H37N4O8P/c1-22(2,3)20(29)31-14-34-37(35-15-32-21(30)23(4,5)6)33-12-16-8-10-24(7,36-16)28-11-9-17-18(25)26-13-27-19(17)28/h9,11,13,16H,8,10,12,14-15H2,1-7H3,(H2,25,26,27)/t16?,24-/m1/s1. The molecule has 2 N–H and O–H groups in total. The summed E-state index contributed by atoms with van der Waals surface area (Å²) in [6, 6.07) is 1.86. The van der Waals surface area contributed by atoms with Gasteiger partial charge in [-0.2, -0.15) is 0 Å². The van der Waals surface area contributed by atoms with Crippen molar-refractivity contribution >= 4 is 37.4 Å². The number of carbonyl (C=O) groups is 2. The van der Waals surface area contributed by atoms with Crippen molar-refractivity contribution in [2.45, 2.75) is 73.1 Å². The molecule has 12 nitrogen and oxygen atoms in total. The zero-order chi connectivity index (χ0) is 27.4. The van der Waals surface area contributed by atoms with Crippen molar-refractivity contribution in [3.63, 3.8) is 0 Å². The molecule has 13 heteroatoms. The van der Waals surface area contributed by atoms with Crippen molar-refractivity contribution in [2.75, 3.05) is 25.9 Å². The van der Waals surface area contributed by atoms with Crippen molar-refractivity contribution in [1.29, 1.82) is 0 Å². The number of fused-ring (bicyclic) bond motifs is 1. The Bertz CT molecular complexity index is 1060. The Labute approximate surface area is 218 Å². The molecule has 0 aromatic carbocycles. The van der Waals surface area contributed by atoms with Crippen LogP contribution >= 0.6 is 8.60 Å². The third-order valence-corrected chi connectivity index (χ3v) is 6.65. The minimum Gasteiger partial charge on any atom is -0.438 e. The lowest BCUT2D eigenvalue weighted by molar-refractivity contribution is -0.162. The van der Waals surface area contributed by atoms with E-state index >= 15 is 0 Å². The van der Waals surface area contributed by atoms with Gasteiger partial charge in [-0.05, 0) is 67.4 Å². The molecule has 0 spiro atoms. The topological polar surface area (TPSA) is 146 Å². The van der Waals surface area contributed by atoms with Crippen molar-refractivity contribution in [1.82, 2.24) is 14.5 Å². The Hall–Kier alpha value is -2.37. The molecule has 2 atom stereocenters. The fourth-order valence-electron chi connectivity index (χ4n) is 3.49. The number of rotatable bonds is 10. The first kappa shape index (κ1) is 29.2. The van der Waals surface area contributed by atoms with E-state index in [1.54, 1.807) is 41.5 Å². The number of anilines is 1. The van der Waals surface area contributed by atoms with Crippen LogP contribution in [-0.2, 0) is 43.1 Å². The number of nitrogen functional groups attached to an aromatic ring is 1. The minimum absolute atomic E-state index is 0.151. The number of carbonyl (C=O) groups excluding carboxylic acids is 2. The molecule has 0 aliphatic carbocycles. The Balaban J connectivity index is 1.58. The van der Waals surface area contributed by atoms with Crippen LogP contribution in [0.3, 0.4) is 0 Å². The molecule has 1 saturated heterocycles. The van der Waals surface area contributed by atoms with Crippen LogP contribution in [0.2, 0.25) is 0 Å². The van der Waals surface area contributed by atoms with Crippen LogP contribution in [0.5, 0.6) is 0 Å². The highest BCUT2D eigenvalue weighted by Crippen LogP contribution is 2.43. The second-order valence-electron chi connectivity index (χ2n) is 11.0. The van der Waals surface area contributed by atoms with Gasteiger partial charge in [-0.3, -0.25) is 18.6 Å². The number of esters is 2. The van der Waals surface area contributed by atoms with Gasteiger partial charge in [0.25, 0.3) is 0 Å². The molecule has 2 aromatic heterocycles. The molecule has 206 valence electrons. The molecular formula is C24H37N4O8P. The van der Waals surface area contributed by atoms with Crippen LogP contribution in [0.1, 0.15) is 61.3 Å². The van der Waals surface area contributed by atoms with Crippen molar-refractivity contribution in [3.8, 4) is 0 Å². The summed E-state index contributed by atoms with van der Waals surface area (Å²) < 4.78 is 35.5. The summed E-state index contributed by atoms with van der Waals surface area (Å²) >= 11 is 0. The average Bonchev–Trinajstić information content (AvgIpc) is 3.41. The third-order valence-electron chi connectivity index (χ3n) is 5.66. The number of nitrogens with zero attached hydrogens (tertiary/aromatic N) is 3. The largest absolute Gasteiger partial charge is 0.438 e. The maximum absolute atomic E-state index is 12.0. The highest BCUT2D eigenvalue weighted by atomic mass is 31.2. The van der Waals surface area contributed by atoms with Crippen LogP contribution in [-0.4, -0.2) is 52.8 Å². The van der Waals surface area contributed by atoms with E-state index in [9.17, 15) is 9.59 Å². The average molecular weight is 541 g/mol. The second-order valence-corrected chi connectivity index (χ2v) is 12.2. The third kappa shape index (κ3) is 7.58. The lowest BCUT2D eigenvalue weighted by atomic mass is 9.98. The summed E-state index contributed by atoms with van der Waals surface area (Å²) in [7, 11) is -2.00. The molecule has 3 heterocycles. The molecule has 0 saturated carbocycles. The number of hydrogen-bond donors (Lipinski definition) is 1. The lowest BCUT2D eigenvalue weighted by Gasteiger charge is -2.28. The molecule has 0 bridgehead atoms. The Morgan fingerprint density at radius 1 is 1.08 bits per heavy atom. The Morgan fingerprint density at radius 3 is 2.24 bits per heavy atom. The monoisotopic (exact) mass is 540 g/mol. The summed E-state index contributed by atoms with van der Waals surface area (Å²) in [4.78, 5) is 32.5. The van der Waals surface area contributed by atoms with E-state index in [2.05, 4.69) is 9.97 Å². The smallest absolute Gasteiger partial charge is 0.338 e. The van der Waals surface area contributed by atoms with E-state index in [0.29, 0.717) is 24.3 Å². The predicted octanol–water partition coefficient (Wildman–Crippen LogP) is 4.24. The summed E-state index contributed by atoms with van der Waals surface area (Å²) in [5, 5.41) is 0.756. The number of aromatic nitrogens is 3. The zero-order valence-corrected chi connectivity index (χ0v) is 23.4. The highest BCUT2D eigenvalue weighted by Gasteiger charge is 2.39. The highest BCUT2D eigenvalue weighted by molar-refractivity contribution is 7.41. The normalized spacial score (nSPS) is 20.5. The SMILES string of the molecule is CC(C)(C)C(=O)OCOP(OCOC(=O)C(C)(C)C)OCC1CC[C@](C)(n2ccc3c(N)ncnc32)O1. The van der Waals surface area contributed by atoms with Gasteiger partial charge in [0, 0.05) is 6.20 Å². The van der Waals surface area contributed by atoms with Crippen LogP contribution in [0.15, 0.2) is 18.6 Å². The molecule has 0 radical (unpaired) electrons. The van der Waals surface area contributed by atoms with Crippen LogP contribution < -0.4 is 5.73 Å². The molecule has 37 heavy (non-hydrogen) atoms. The number of nitrogens with two attached hydrogens (primary N) is 1. The van der Waals surface area contributed by atoms with E-state index in [1.165, 1.54) is 6.33 Å². The first-order chi connectivity index (χ1) is 17.2. The second kappa shape index (κ2) is 11.6. The van der Waals surface area contributed by atoms with E-state index in [0.717, 1.165) is 5.39 Å². The van der Waals surface area contributed by atoms with E-state index in [-0.39, 0.29) is 26.3 Å². The van der Waals surface area contributed by atoms with Gasteiger partial charge in [0.05, 0.1) is 28.9 Å². The van der Waals surface area contributed by atoms with Crippen molar-refractivity contribution in [2.24, 2.45) is 10.8 Å². The summed E-state index contributed by atoms with van der Waals surface area (Å²) in [5.41, 5.74) is 4.63. The van der Waals surface area contributed by atoms with E-state index in [1.807, 2.05) is 23.8 Å². The maximum Gasteiger partial charge on any atom is 0.338 e. The van der Waals surface area contributed by atoms with Crippen LogP contribution in [0.25, 0.3) is 11.0 Å².